The predicted molar refractivity (Wildman–Crippen MR) is 129 cm³/mol. The maximum atomic E-state index is 12.9. The Hall–Kier alpha value is -3.59. The largest absolute Gasteiger partial charge is 0.451 e. The highest BCUT2D eigenvalue weighted by atomic mass is 32.1. The van der Waals surface area contributed by atoms with E-state index in [0.717, 1.165) is 10.2 Å². The Balaban J connectivity index is 1.57. The molecule has 4 aromatic rings. The minimum absolute atomic E-state index is 0.0154. The number of amides is 1. The van der Waals surface area contributed by atoms with Crippen molar-refractivity contribution in [1.82, 2.24) is 14.8 Å². The zero-order valence-electron chi connectivity index (χ0n) is 18.6. The van der Waals surface area contributed by atoms with E-state index >= 15 is 0 Å². The number of fused-ring (bicyclic) bond motifs is 2. The zero-order chi connectivity index (χ0) is 23.5. The fraction of sp³-hybridized carbons (Fsp3) is 0.292. The monoisotopic (exact) mass is 464 g/mol. The Labute approximate surface area is 194 Å². The van der Waals surface area contributed by atoms with Crippen molar-refractivity contribution in [3.05, 3.63) is 64.6 Å². The van der Waals surface area contributed by atoms with Gasteiger partial charge in [-0.3, -0.25) is 14.5 Å². The topological polar surface area (TPSA) is 94.4 Å². The molecular weight excluding hydrogens is 440 g/mol. The summed E-state index contributed by atoms with van der Waals surface area (Å²) in [7, 11) is 0. The predicted octanol–water partition coefficient (Wildman–Crippen LogP) is 3.87. The van der Waals surface area contributed by atoms with E-state index in [1.165, 1.54) is 20.9 Å². The third-order valence-corrected chi connectivity index (χ3v) is 6.12. The van der Waals surface area contributed by atoms with Crippen LogP contribution in [0.2, 0.25) is 0 Å². The van der Waals surface area contributed by atoms with Crippen molar-refractivity contribution >= 4 is 49.3 Å². The van der Waals surface area contributed by atoms with Crippen LogP contribution >= 0.6 is 11.3 Å². The lowest BCUT2D eigenvalue weighted by molar-refractivity contribution is -0.121. The van der Waals surface area contributed by atoms with Crippen molar-refractivity contribution < 1.29 is 14.3 Å². The highest BCUT2D eigenvalue weighted by molar-refractivity contribution is 7.22. The third kappa shape index (κ3) is 4.63. The summed E-state index contributed by atoms with van der Waals surface area (Å²) >= 11 is 1.40. The number of rotatable bonds is 7. The van der Waals surface area contributed by atoms with E-state index in [9.17, 15) is 14.4 Å². The molecule has 0 aliphatic carbocycles. The van der Waals surface area contributed by atoms with E-state index in [0.29, 0.717) is 29.0 Å². The molecule has 0 atom stereocenters. The van der Waals surface area contributed by atoms with Crippen molar-refractivity contribution in [2.45, 2.75) is 27.3 Å². The number of nitrogens with zero attached hydrogens (tertiary/aromatic N) is 4. The van der Waals surface area contributed by atoms with Gasteiger partial charge in [-0.1, -0.05) is 55.5 Å². The van der Waals surface area contributed by atoms with Gasteiger partial charge in [0.05, 0.1) is 15.6 Å². The molecule has 170 valence electrons. The van der Waals surface area contributed by atoms with Crippen LogP contribution in [0.4, 0.5) is 5.13 Å². The van der Waals surface area contributed by atoms with Gasteiger partial charge in [-0.05, 0) is 31.0 Å². The molecule has 1 amide bonds. The molecule has 9 heteroatoms. The maximum Gasteiger partial charge on any atom is 0.359 e. The Morgan fingerprint density at radius 3 is 2.48 bits per heavy atom. The van der Waals surface area contributed by atoms with Crippen LogP contribution < -0.4 is 10.5 Å². The van der Waals surface area contributed by atoms with Crippen molar-refractivity contribution in [2.75, 3.05) is 18.1 Å². The lowest BCUT2D eigenvalue weighted by atomic mass is 10.1. The number of hydrogen-bond acceptors (Lipinski definition) is 7. The third-order valence-electron chi connectivity index (χ3n) is 5.06. The SMILES string of the molecule is CCN(C(=O)COC(=O)c1nn(CC(C)C)c(=O)c2ccccc12)c1nc2ccccc2s1. The van der Waals surface area contributed by atoms with Gasteiger partial charge in [-0.15, -0.1) is 0 Å². The fourth-order valence-electron chi connectivity index (χ4n) is 3.52. The number of para-hydroxylation sites is 1. The minimum atomic E-state index is -0.752. The summed E-state index contributed by atoms with van der Waals surface area (Å²) in [5.74, 6) is -0.976. The smallest absolute Gasteiger partial charge is 0.359 e. The molecular formula is C24H24N4O4S. The molecule has 2 aromatic heterocycles. The molecule has 0 aliphatic rings. The van der Waals surface area contributed by atoms with Crippen LogP contribution in [0.3, 0.4) is 0 Å². The molecule has 2 heterocycles. The first-order chi connectivity index (χ1) is 15.9. The van der Waals surface area contributed by atoms with Crippen LogP contribution in [0.5, 0.6) is 0 Å². The highest BCUT2D eigenvalue weighted by Gasteiger charge is 2.23. The number of ether oxygens (including phenoxy) is 1. The second kappa shape index (κ2) is 9.50. The van der Waals surface area contributed by atoms with Crippen LogP contribution in [0.1, 0.15) is 31.3 Å². The van der Waals surface area contributed by atoms with Crippen molar-refractivity contribution in [3.63, 3.8) is 0 Å². The number of aromatic nitrogens is 3. The lowest BCUT2D eigenvalue weighted by Gasteiger charge is -2.17. The van der Waals surface area contributed by atoms with Crippen LogP contribution in [0, 0.1) is 5.92 Å². The summed E-state index contributed by atoms with van der Waals surface area (Å²) in [5, 5.41) is 5.60. The number of likely N-dealkylation sites (N-methyl/N-ethyl adjacent to an activating group) is 1. The molecule has 0 spiro atoms. The summed E-state index contributed by atoms with van der Waals surface area (Å²) in [5.41, 5.74) is 0.561. The normalized spacial score (nSPS) is 11.3. The van der Waals surface area contributed by atoms with E-state index in [4.69, 9.17) is 4.74 Å². The van der Waals surface area contributed by atoms with E-state index in [2.05, 4.69) is 10.1 Å². The molecule has 0 N–H and O–H groups in total. The first-order valence-electron chi connectivity index (χ1n) is 10.7. The van der Waals surface area contributed by atoms with Crippen molar-refractivity contribution in [1.29, 1.82) is 0 Å². The average molecular weight is 465 g/mol. The first kappa shape index (κ1) is 22.6. The molecule has 8 nitrogen and oxygen atoms in total. The number of anilines is 1. The molecule has 0 saturated carbocycles. The number of thiazole rings is 1. The Bertz CT molecular complexity index is 1360. The van der Waals surface area contributed by atoms with Crippen LogP contribution in [-0.4, -0.2) is 39.8 Å². The number of esters is 1. The summed E-state index contributed by atoms with van der Waals surface area (Å²) in [4.78, 5) is 44.5. The van der Waals surface area contributed by atoms with Gasteiger partial charge in [0.25, 0.3) is 11.5 Å². The standard InChI is InChI=1S/C24H24N4O4S/c1-4-27(24-25-18-11-7-8-12-19(18)33-24)20(29)14-32-23(31)21-16-9-5-6-10-17(16)22(30)28(26-21)13-15(2)3/h5-12,15H,4,13-14H2,1-3H3. The minimum Gasteiger partial charge on any atom is -0.451 e. The van der Waals surface area contributed by atoms with Gasteiger partial charge in [0.2, 0.25) is 0 Å². The highest BCUT2D eigenvalue weighted by Crippen LogP contribution is 2.28. The Morgan fingerprint density at radius 2 is 1.79 bits per heavy atom. The van der Waals surface area contributed by atoms with E-state index in [1.54, 1.807) is 24.3 Å². The van der Waals surface area contributed by atoms with Gasteiger partial charge in [0.15, 0.2) is 17.4 Å². The summed E-state index contributed by atoms with van der Waals surface area (Å²) < 4.78 is 7.60. The second-order valence-corrected chi connectivity index (χ2v) is 8.96. The van der Waals surface area contributed by atoms with Gasteiger partial charge in [-0.2, -0.15) is 5.10 Å². The van der Waals surface area contributed by atoms with Gasteiger partial charge in [-0.25, -0.2) is 14.5 Å². The molecule has 33 heavy (non-hydrogen) atoms. The van der Waals surface area contributed by atoms with E-state index in [-0.39, 0.29) is 23.1 Å². The van der Waals surface area contributed by atoms with Crippen molar-refractivity contribution in [2.24, 2.45) is 5.92 Å². The summed E-state index contributed by atoms with van der Waals surface area (Å²) in [6, 6.07) is 14.4. The van der Waals surface area contributed by atoms with Gasteiger partial charge < -0.3 is 4.74 Å². The molecule has 0 bridgehead atoms. The zero-order valence-corrected chi connectivity index (χ0v) is 19.5. The molecule has 0 unspecified atom stereocenters. The van der Waals surface area contributed by atoms with Gasteiger partial charge in [0, 0.05) is 18.5 Å². The number of benzene rings is 2. The molecule has 0 aliphatic heterocycles. The van der Waals surface area contributed by atoms with Crippen LogP contribution in [0.25, 0.3) is 21.0 Å². The maximum absolute atomic E-state index is 12.9. The number of carbonyl (C=O) groups is 2. The summed E-state index contributed by atoms with van der Waals surface area (Å²) in [6.45, 7) is 6.05. The Kier molecular flexibility index (Phi) is 6.50. The van der Waals surface area contributed by atoms with E-state index < -0.39 is 12.6 Å². The quantitative estimate of drug-likeness (QED) is 0.385. The van der Waals surface area contributed by atoms with E-state index in [1.807, 2.05) is 45.0 Å². The number of carbonyl (C=O) groups excluding carboxylic acids is 2. The summed E-state index contributed by atoms with van der Waals surface area (Å²) in [6.07, 6.45) is 0. The van der Waals surface area contributed by atoms with Gasteiger partial charge >= 0.3 is 5.97 Å². The number of hydrogen-bond donors (Lipinski definition) is 0. The second-order valence-electron chi connectivity index (χ2n) is 7.95. The fourth-order valence-corrected chi connectivity index (χ4v) is 4.57. The first-order valence-corrected chi connectivity index (χ1v) is 11.5. The van der Waals surface area contributed by atoms with Crippen LogP contribution in [-0.2, 0) is 16.1 Å². The molecule has 2 aromatic carbocycles. The molecule has 0 fully saturated rings. The molecule has 4 rings (SSSR count). The van der Waals surface area contributed by atoms with Gasteiger partial charge in [0.1, 0.15) is 0 Å². The lowest BCUT2D eigenvalue weighted by Crippen LogP contribution is -2.35. The Morgan fingerprint density at radius 1 is 1.09 bits per heavy atom. The molecule has 0 radical (unpaired) electrons. The average Bonchev–Trinajstić information content (AvgIpc) is 3.23. The van der Waals surface area contributed by atoms with Crippen molar-refractivity contribution in [3.8, 4) is 0 Å². The molecule has 0 saturated heterocycles. The van der Waals surface area contributed by atoms with Crippen LogP contribution in [0.15, 0.2) is 53.3 Å².